The number of benzene rings is 2. The highest BCUT2D eigenvalue weighted by Gasteiger charge is 2.11. The van der Waals surface area contributed by atoms with E-state index in [0.29, 0.717) is 17.5 Å². The second-order valence-corrected chi connectivity index (χ2v) is 6.76. The van der Waals surface area contributed by atoms with Crippen LogP contribution in [0.2, 0.25) is 5.02 Å². The number of aromatic nitrogens is 4. The molecule has 1 atom stereocenters. The molecule has 0 aliphatic rings. The van der Waals surface area contributed by atoms with Crippen molar-refractivity contribution in [3.8, 4) is 11.4 Å². The van der Waals surface area contributed by atoms with E-state index in [0.717, 1.165) is 15.6 Å². The Balaban J connectivity index is 1.50. The molecule has 0 aliphatic carbocycles. The van der Waals surface area contributed by atoms with Crippen LogP contribution in [0.1, 0.15) is 5.56 Å². The number of hydrogen-bond acceptors (Lipinski definition) is 5. The summed E-state index contributed by atoms with van der Waals surface area (Å²) in [6, 6.07) is 15.1. The summed E-state index contributed by atoms with van der Waals surface area (Å²) in [6.45, 7) is 0.693. The first-order chi connectivity index (χ1) is 12.1. The summed E-state index contributed by atoms with van der Waals surface area (Å²) >= 11 is 9.45. The minimum Gasteiger partial charge on any atom is -0.389 e. The predicted octanol–water partition coefficient (Wildman–Crippen LogP) is 3.33. The van der Waals surface area contributed by atoms with Crippen LogP contribution in [0, 0.1) is 0 Å². The van der Waals surface area contributed by atoms with Crippen LogP contribution < -0.4 is 0 Å². The Kier molecular flexibility index (Phi) is 6.14. The lowest BCUT2D eigenvalue weighted by Crippen LogP contribution is -2.23. The molecular formula is C17H16BrClN4O2. The fourth-order valence-electron chi connectivity index (χ4n) is 2.20. The Labute approximate surface area is 158 Å². The number of tetrazole rings is 1. The van der Waals surface area contributed by atoms with Crippen LogP contribution >= 0.6 is 27.5 Å². The third-order valence-electron chi connectivity index (χ3n) is 3.45. The molecule has 130 valence electrons. The van der Waals surface area contributed by atoms with Crippen molar-refractivity contribution in [3.05, 3.63) is 63.6 Å². The molecule has 1 aromatic heterocycles. The zero-order valence-electron chi connectivity index (χ0n) is 13.2. The van der Waals surface area contributed by atoms with Crippen molar-refractivity contribution in [2.45, 2.75) is 19.3 Å². The first-order valence-electron chi connectivity index (χ1n) is 7.65. The van der Waals surface area contributed by atoms with Gasteiger partial charge in [-0.3, -0.25) is 0 Å². The number of aliphatic hydroxyl groups is 1. The van der Waals surface area contributed by atoms with E-state index in [9.17, 15) is 5.11 Å². The van der Waals surface area contributed by atoms with Gasteiger partial charge in [-0.1, -0.05) is 45.7 Å². The van der Waals surface area contributed by atoms with Crippen LogP contribution in [0.15, 0.2) is 53.0 Å². The molecule has 0 radical (unpaired) electrons. The molecule has 0 aliphatic heterocycles. The number of nitrogens with zero attached hydrogens (tertiary/aromatic N) is 4. The normalized spacial score (nSPS) is 12.3. The average Bonchev–Trinajstić information content (AvgIpc) is 3.05. The summed E-state index contributed by atoms with van der Waals surface area (Å²) in [7, 11) is 0. The van der Waals surface area contributed by atoms with Gasteiger partial charge in [0.1, 0.15) is 0 Å². The zero-order chi connectivity index (χ0) is 17.6. The van der Waals surface area contributed by atoms with Crippen molar-refractivity contribution in [1.82, 2.24) is 20.2 Å². The standard InChI is InChI=1S/C17H16BrClN4O2/c18-14-7-5-12(6-8-14)17-20-22-23(21-17)9-15(24)11-25-10-13-3-1-2-4-16(13)19/h1-8,15,24H,9-11H2. The number of halogens is 2. The maximum Gasteiger partial charge on any atom is 0.204 e. The van der Waals surface area contributed by atoms with Gasteiger partial charge in [-0.15, -0.1) is 10.2 Å². The van der Waals surface area contributed by atoms with Gasteiger partial charge < -0.3 is 9.84 Å². The molecule has 1 N–H and O–H groups in total. The Morgan fingerprint density at radius 1 is 1.16 bits per heavy atom. The molecular weight excluding hydrogens is 408 g/mol. The third-order valence-corrected chi connectivity index (χ3v) is 4.35. The molecule has 2 aromatic carbocycles. The van der Waals surface area contributed by atoms with Crippen LogP contribution in [-0.2, 0) is 17.9 Å². The summed E-state index contributed by atoms with van der Waals surface area (Å²) in [5.74, 6) is 0.511. The predicted molar refractivity (Wildman–Crippen MR) is 98.1 cm³/mol. The highest BCUT2D eigenvalue weighted by atomic mass is 79.9. The summed E-state index contributed by atoms with van der Waals surface area (Å²) < 4.78 is 6.49. The van der Waals surface area contributed by atoms with Crippen LogP contribution in [0.4, 0.5) is 0 Å². The Morgan fingerprint density at radius 3 is 2.68 bits per heavy atom. The van der Waals surface area contributed by atoms with Gasteiger partial charge in [0.2, 0.25) is 5.82 Å². The topological polar surface area (TPSA) is 73.1 Å². The molecule has 8 heteroatoms. The molecule has 0 bridgehead atoms. The molecule has 0 spiro atoms. The van der Waals surface area contributed by atoms with Crippen LogP contribution in [0.3, 0.4) is 0 Å². The van der Waals surface area contributed by atoms with E-state index in [1.807, 2.05) is 42.5 Å². The SMILES string of the molecule is OC(COCc1ccccc1Cl)Cn1nnc(-c2ccc(Br)cc2)n1. The largest absolute Gasteiger partial charge is 0.389 e. The Morgan fingerprint density at radius 2 is 1.92 bits per heavy atom. The van der Waals surface area contributed by atoms with Crippen molar-refractivity contribution >= 4 is 27.5 Å². The van der Waals surface area contributed by atoms with E-state index < -0.39 is 6.10 Å². The number of ether oxygens (including phenoxy) is 1. The van der Waals surface area contributed by atoms with Crippen LogP contribution in [0.5, 0.6) is 0 Å². The monoisotopic (exact) mass is 422 g/mol. The molecule has 0 saturated heterocycles. The smallest absolute Gasteiger partial charge is 0.204 e. The van der Waals surface area contributed by atoms with Gasteiger partial charge >= 0.3 is 0 Å². The lowest BCUT2D eigenvalue weighted by molar-refractivity contribution is 0.0165. The van der Waals surface area contributed by atoms with E-state index in [4.69, 9.17) is 16.3 Å². The first kappa shape index (κ1) is 18.0. The molecule has 0 saturated carbocycles. The maximum atomic E-state index is 10.1. The van der Waals surface area contributed by atoms with E-state index in [2.05, 4.69) is 31.3 Å². The minimum atomic E-state index is -0.741. The van der Waals surface area contributed by atoms with Crippen molar-refractivity contribution in [2.75, 3.05) is 6.61 Å². The molecule has 0 amide bonds. The van der Waals surface area contributed by atoms with Gasteiger partial charge in [0, 0.05) is 15.1 Å². The average molecular weight is 424 g/mol. The summed E-state index contributed by atoms with van der Waals surface area (Å²) in [4.78, 5) is 1.36. The molecule has 1 heterocycles. The molecule has 3 aromatic rings. The minimum absolute atomic E-state index is 0.153. The molecule has 3 rings (SSSR count). The van der Waals surface area contributed by atoms with Crippen LogP contribution in [-0.4, -0.2) is 38.0 Å². The summed E-state index contributed by atoms with van der Waals surface area (Å²) in [6.07, 6.45) is -0.741. The van der Waals surface area contributed by atoms with Crippen molar-refractivity contribution in [1.29, 1.82) is 0 Å². The molecule has 25 heavy (non-hydrogen) atoms. The molecule has 1 unspecified atom stereocenters. The number of rotatable bonds is 7. The maximum absolute atomic E-state index is 10.1. The second-order valence-electron chi connectivity index (χ2n) is 5.44. The molecule has 6 nitrogen and oxygen atoms in total. The summed E-state index contributed by atoms with van der Waals surface area (Å²) in [5, 5.41) is 23.0. The lowest BCUT2D eigenvalue weighted by atomic mass is 10.2. The van der Waals surface area contributed by atoms with E-state index in [1.165, 1.54) is 4.80 Å². The van der Waals surface area contributed by atoms with Gasteiger partial charge in [-0.25, -0.2) is 0 Å². The fraction of sp³-hybridized carbons (Fsp3) is 0.235. The Hall–Kier alpha value is -1.80. The van der Waals surface area contributed by atoms with E-state index in [1.54, 1.807) is 6.07 Å². The van der Waals surface area contributed by atoms with Gasteiger partial charge in [0.25, 0.3) is 0 Å². The fourth-order valence-corrected chi connectivity index (χ4v) is 2.65. The summed E-state index contributed by atoms with van der Waals surface area (Å²) in [5.41, 5.74) is 1.74. The van der Waals surface area contributed by atoms with Gasteiger partial charge in [-0.2, -0.15) is 4.80 Å². The highest BCUT2D eigenvalue weighted by Crippen LogP contribution is 2.18. The van der Waals surface area contributed by atoms with E-state index >= 15 is 0 Å². The van der Waals surface area contributed by atoms with Crippen molar-refractivity contribution < 1.29 is 9.84 Å². The van der Waals surface area contributed by atoms with Gasteiger partial charge in [0.15, 0.2) is 0 Å². The van der Waals surface area contributed by atoms with Crippen molar-refractivity contribution in [3.63, 3.8) is 0 Å². The number of hydrogen-bond donors (Lipinski definition) is 1. The van der Waals surface area contributed by atoms with Gasteiger partial charge in [0.05, 0.1) is 25.9 Å². The zero-order valence-corrected chi connectivity index (χ0v) is 15.6. The second kappa shape index (κ2) is 8.53. The Bertz CT molecular complexity index is 826. The number of aliphatic hydroxyl groups excluding tert-OH is 1. The van der Waals surface area contributed by atoms with Gasteiger partial charge in [-0.05, 0) is 41.1 Å². The third kappa shape index (κ3) is 5.09. The lowest BCUT2D eigenvalue weighted by Gasteiger charge is -2.11. The van der Waals surface area contributed by atoms with E-state index in [-0.39, 0.29) is 13.2 Å². The van der Waals surface area contributed by atoms with Crippen molar-refractivity contribution in [2.24, 2.45) is 0 Å². The van der Waals surface area contributed by atoms with Crippen LogP contribution in [0.25, 0.3) is 11.4 Å². The highest BCUT2D eigenvalue weighted by molar-refractivity contribution is 9.10. The first-order valence-corrected chi connectivity index (χ1v) is 8.82. The quantitative estimate of drug-likeness (QED) is 0.631. The molecule has 0 fully saturated rings.